The predicted octanol–water partition coefficient (Wildman–Crippen LogP) is 2.17. The molecule has 6 atom stereocenters. The number of benzene rings is 1. The van der Waals surface area contributed by atoms with Crippen LogP contribution in [0, 0.1) is 12.3 Å². The van der Waals surface area contributed by atoms with Crippen molar-refractivity contribution < 1.29 is 46.9 Å². The molecule has 2 N–H and O–H groups in total. The number of carbonyl (C=O) groups excluding carboxylic acids is 3. The van der Waals surface area contributed by atoms with E-state index in [2.05, 4.69) is 22.9 Å². The summed E-state index contributed by atoms with van der Waals surface area (Å²) in [7, 11) is -4.27. The maximum atomic E-state index is 13.8. The highest BCUT2D eigenvalue weighted by molar-refractivity contribution is 7.52. The minimum absolute atomic E-state index is 0.114. The zero-order valence-corrected chi connectivity index (χ0v) is 22.3. The molecule has 13 nitrogen and oxygen atoms in total. The average Bonchev–Trinajstić information content (AvgIpc) is 3.35. The summed E-state index contributed by atoms with van der Waals surface area (Å²) in [6.07, 6.45) is 3.44. The fraction of sp³-hybridized carbons (Fsp3) is 0.400. The summed E-state index contributed by atoms with van der Waals surface area (Å²) in [6, 6.07) is 7.08. The van der Waals surface area contributed by atoms with Crippen molar-refractivity contribution in [3.05, 3.63) is 55.0 Å². The molecule has 0 saturated carbocycles. The molecule has 208 valence electrons. The molecule has 2 saturated heterocycles. The molecule has 0 aromatic heterocycles. The standard InChI is InChI=1S/C25H28N3O10P/c1-6-25-21(36-24(31)37-25)19(35-23(25)28-13-12-20(29)26-17(28)5)14-33-39(32,38-18-10-8-7-9-11-18)27-16(4)22(30)34-15(2)3/h1,7-13,15-16,19,21,23H,5,14H2,2-4H3,(H,26,29)(H,27,32)/t16-,19+,21+,23+,25+,39?/m0/s1. The van der Waals surface area contributed by atoms with E-state index in [9.17, 15) is 18.9 Å². The molecule has 0 aliphatic carbocycles. The number of amides is 1. The normalized spacial score (nSPS) is 28.0. The minimum atomic E-state index is -4.27. The highest BCUT2D eigenvalue weighted by Crippen LogP contribution is 2.48. The number of para-hydroxylation sites is 1. The molecular formula is C25H28N3O10P. The first kappa shape index (κ1) is 28.2. The lowest BCUT2D eigenvalue weighted by Crippen LogP contribution is -2.54. The monoisotopic (exact) mass is 561 g/mol. The van der Waals surface area contributed by atoms with Crippen LogP contribution in [-0.4, -0.2) is 65.7 Å². The molecule has 0 bridgehead atoms. The van der Waals surface area contributed by atoms with Crippen LogP contribution in [-0.2, 0) is 37.6 Å². The fourth-order valence-corrected chi connectivity index (χ4v) is 5.59. The molecule has 1 unspecified atom stereocenters. The topological polar surface area (TPSA) is 151 Å². The third-order valence-electron chi connectivity index (χ3n) is 5.78. The van der Waals surface area contributed by atoms with Gasteiger partial charge in [-0.2, -0.15) is 5.09 Å². The summed E-state index contributed by atoms with van der Waals surface area (Å²) in [5, 5.41) is 5.08. The number of carbonyl (C=O) groups is 3. The van der Waals surface area contributed by atoms with E-state index in [-0.39, 0.29) is 11.6 Å². The Labute approximate surface area is 225 Å². The zero-order chi connectivity index (χ0) is 28.4. The van der Waals surface area contributed by atoms with Crippen LogP contribution >= 0.6 is 7.75 Å². The Morgan fingerprint density at radius 1 is 1.31 bits per heavy atom. The second kappa shape index (κ2) is 11.1. The summed E-state index contributed by atoms with van der Waals surface area (Å²) in [5.74, 6) is 1.64. The molecule has 0 spiro atoms. The van der Waals surface area contributed by atoms with Gasteiger partial charge in [-0.25, -0.2) is 9.36 Å². The molecule has 2 fully saturated rings. The van der Waals surface area contributed by atoms with Crippen LogP contribution in [0.25, 0.3) is 0 Å². The summed E-state index contributed by atoms with van der Waals surface area (Å²) in [6.45, 7) is 8.10. The van der Waals surface area contributed by atoms with Crippen LogP contribution in [0.3, 0.4) is 0 Å². The summed E-state index contributed by atoms with van der Waals surface area (Å²) in [4.78, 5) is 37.6. The number of rotatable bonds is 10. The summed E-state index contributed by atoms with van der Waals surface area (Å²) >= 11 is 0. The summed E-state index contributed by atoms with van der Waals surface area (Å²) in [5.41, 5.74) is -1.76. The van der Waals surface area contributed by atoms with Gasteiger partial charge in [-0.1, -0.05) is 24.8 Å². The van der Waals surface area contributed by atoms with Crippen molar-refractivity contribution in [1.82, 2.24) is 15.3 Å². The van der Waals surface area contributed by atoms with Gasteiger partial charge in [-0.3, -0.25) is 14.1 Å². The van der Waals surface area contributed by atoms with Crippen LogP contribution in [0.1, 0.15) is 20.8 Å². The minimum Gasteiger partial charge on any atom is -0.462 e. The van der Waals surface area contributed by atoms with E-state index in [1.807, 2.05) is 0 Å². The number of terminal acetylenes is 1. The molecule has 1 amide bonds. The molecule has 1 aromatic rings. The first-order valence-corrected chi connectivity index (χ1v) is 13.5. The Bertz CT molecular complexity index is 1260. The van der Waals surface area contributed by atoms with Gasteiger partial charge in [0, 0.05) is 12.3 Å². The molecule has 1 aromatic carbocycles. The van der Waals surface area contributed by atoms with Crippen molar-refractivity contribution >= 4 is 25.8 Å². The molecule has 4 rings (SSSR count). The average molecular weight is 561 g/mol. The van der Waals surface area contributed by atoms with Crippen LogP contribution in [0.4, 0.5) is 4.79 Å². The number of hydrogen-bond acceptors (Lipinski definition) is 11. The molecule has 3 aliphatic rings. The molecule has 3 aliphatic heterocycles. The van der Waals surface area contributed by atoms with Crippen molar-refractivity contribution in [1.29, 1.82) is 0 Å². The van der Waals surface area contributed by atoms with Gasteiger partial charge < -0.3 is 33.7 Å². The molecule has 14 heteroatoms. The van der Waals surface area contributed by atoms with Crippen LogP contribution in [0.5, 0.6) is 5.75 Å². The Morgan fingerprint density at radius 2 is 2.03 bits per heavy atom. The highest BCUT2D eigenvalue weighted by Gasteiger charge is 2.67. The van der Waals surface area contributed by atoms with Gasteiger partial charge in [-0.15, -0.1) is 6.42 Å². The van der Waals surface area contributed by atoms with Crippen molar-refractivity contribution in [2.45, 2.75) is 57.0 Å². The Morgan fingerprint density at radius 3 is 2.67 bits per heavy atom. The second-order valence-corrected chi connectivity index (χ2v) is 10.7. The Hall–Kier alpha value is -3.82. The Balaban J connectivity index is 1.57. The van der Waals surface area contributed by atoms with E-state index in [1.54, 1.807) is 44.2 Å². The first-order valence-electron chi connectivity index (χ1n) is 11.9. The maximum absolute atomic E-state index is 13.8. The lowest BCUT2D eigenvalue weighted by atomic mass is 9.94. The first-order chi connectivity index (χ1) is 18.5. The van der Waals surface area contributed by atoms with Gasteiger partial charge in [-0.05, 0) is 38.8 Å². The molecule has 39 heavy (non-hydrogen) atoms. The van der Waals surface area contributed by atoms with Crippen molar-refractivity contribution in [3.8, 4) is 18.1 Å². The SMILES string of the molecule is C#C[C@@]12OC(=O)O[C@@H]1[C@@H](COP(=O)(N[C@@H](C)C(=O)OC(C)C)Oc1ccccc1)O[C@H]2N1C=CC(=O)NC1=C. The van der Waals surface area contributed by atoms with E-state index in [0.29, 0.717) is 0 Å². The Kier molecular flexibility index (Phi) is 8.04. The zero-order valence-electron chi connectivity index (χ0n) is 21.4. The molecule has 3 heterocycles. The lowest BCUT2D eigenvalue weighted by molar-refractivity contribution is -0.149. The fourth-order valence-electron chi connectivity index (χ4n) is 4.09. The maximum Gasteiger partial charge on any atom is 0.510 e. The van der Waals surface area contributed by atoms with Crippen molar-refractivity contribution in [2.75, 3.05) is 6.61 Å². The van der Waals surface area contributed by atoms with Gasteiger partial charge in [0.25, 0.3) is 11.5 Å². The van der Waals surface area contributed by atoms with Gasteiger partial charge in [0.2, 0.25) is 0 Å². The number of nitrogens with one attached hydrogen (secondary N) is 2. The van der Waals surface area contributed by atoms with Gasteiger partial charge in [0.15, 0.2) is 12.3 Å². The van der Waals surface area contributed by atoms with Crippen molar-refractivity contribution in [3.63, 3.8) is 0 Å². The van der Waals surface area contributed by atoms with E-state index in [0.717, 1.165) is 0 Å². The smallest absolute Gasteiger partial charge is 0.462 e. The van der Waals surface area contributed by atoms with E-state index in [4.69, 9.17) is 34.4 Å². The largest absolute Gasteiger partial charge is 0.510 e. The van der Waals surface area contributed by atoms with Gasteiger partial charge in [0.1, 0.15) is 23.7 Å². The van der Waals surface area contributed by atoms with Gasteiger partial charge in [0.05, 0.1) is 12.7 Å². The van der Waals surface area contributed by atoms with E-state index in [1.165, 1.54) is 24.1 Å². The second-order valence-electron chi connectivity index (χ2n) is 9.05. The predicted molar refractivity (Wildman–Crippen MR) is 134 cm³/mol. The van der Waals surface area contributed by atoms with Gasteiger partial charge >= 0.3 is 19.9 Å². The number of esters is 1. The number of hydrogen-bond donors (Lipinski definition) is 2. The third kappa shape index (κ3) is 5.94. The number of nitrogens with zero attached hydrogens (tertiary/aromatic N) is 1. The van der Waals surface area contributed by atoms with E-state index >= 15 is 0 Å². The molecule has 0 radical (unpaired) electrons. The van der Waals surface area contributed by atoms with E-state index < -0.39 is 68.6 Å². The van der Waals surface area contributed by atoms with Crippen LogP contribution in [0.2, 0.25) is 0 Å². The van der Waals surface area contributed by atoms with Crippen LogP contribution in [0.15, 0.2) is 55.0 Å². The quantitative estimate of drug-likeness (QED) is 0.245. The summed E-state index contributed by atoms with van der Waals surface area (Å²) < 4.78 is 47.1. The highest BCUT2D eigenvalue weighted by atomic mass is 31.2. The lowest BCUT2D eigenvalue weighted by Gasteiger charge is -2.35. The van der Waals surface area contributed by atoms with Crippen LogP contribution < -0.4 is 14.9 Å². The number of ether oxygens (including phenoxy) is 4. The van der Waals surface area contributed by atoms with Crippen molar-refractivity contribution in [2.24, 2.45) is 0 Å². The number of fused-ring (bicyclic) bond motifs is 1. The molecular weight excluding hydrogens is 533 g/mol. The third-order valence-corrected chi connectivity index (χ3v) is 7.43.